The molecule has 0 spiro atoms. The van der Waals surface area contributed by atoms with Gasteiger partial charge in [0.1, 0.15) is 17.3 Å². The van der Waals surface area contributed by atoms with E-state index < -0.39 is 0 Å². The van der Waals surface area contributed by atoms with Crippen molar-refractivity contribution in [1.82, 2.24) is 9.80 Å². The van der Waals surface area contributed by atoms with Gasteiger partial charge in [0.05, 0.1) is 5.56 Å². The van der Waals surface area contributed by atoms with Gasteiger partial charge >= 0.3 is 0 Å². The van der Waals surface area contributed by atoms with Gasteiger partial charge in [0, 0.05) is 36.8 Å². The summed E-state index contributed by atoms with van der Waals surface area (Å²) in [5.41, 5.74) is 2.40. The van der Waals surface area contributed by atoms with E-state index in [4.69, 9.17) is 21.3 Å². The lowest BCUT2D eigenvalue weighted by molar-refractivity contribution is 0.0764. The van der Waals surface area contributed by atoms with Crippen molar-refractivity contribution >= 4 is 29.0 Å². The Labute approximate surface area is 186 Å². The summed E-state index contributed by atoms with van der Waals surface area (Å²) >= 11 is 6.08. The minimum atomic E-state index is 0.0150. The van der Waals surface area contributed by atoms with Crippen LogP contribution in [0.2, 0.25) is 5.02 Å². The first-order chi connectivity index (χ1) is 15.2. The lowest BCUT2D eigenvalue weighted by atomic mass is 10.1. The van der Waals surface area contributed by atoms with Gasteiger partial charge in [-0.15, -0.1) is 0 Å². The number of hydrogen-bond donors (Lipinski definition) is 0. The Hall–Kier alpha value is -3.31. The smallest absolute Gasteiger partial charge is 0.253 e. The second-order valence-corrected chi connectivity index (χ2v) is 8.08. The Kier molecular flexibility index (Phi) is 5.35. The maximum Gasteiger partial charge on any atom is 0.253 e. The molecular formula is C25H22ClN3O2. The molecule has 2 aliphatic rings. The molecule has 2 aliphatic heterocycles. The van der Waals surface area contributed by atoms with Crippen molar-refractivity contribution < 1.29 is 9.53 Å². The highest BCUT2D eigenvalue weighted by atomic mass is 35.5. The first-order valence-corrected chi connectivity index (χ1v) is 10.8. The maximum atomic E-state index is 13.0. The molecule has 31 heavy (non-hydrogen) atoms. The average Bonchev–Trinajstić information content (AvgIpc) is 3.13. The number of para-hydroxylation sites is 3. The van der Waals surface area contributed by atoms with Crippen molar-refractivity contribution in [3.63, 3.8) is 0 Å². The molecule has 0 radical (unpaired) electrons. The van der Waals surface area contributed by atoms with Crippen LogP contribution in [0.3, 0.4) is 0 Å². The van der Waals surface area contributed by atoms with Crippen molar-refractivity contribution in [1.29, 1.82) is 0 Å². The molecule has 1 saturated heterocycles. The molecule has 0 aliphatic carbocycles. The number of aliphatic imine (C=N–C) groups is 1. The first kappa shape index (κ1) is 19.6. The van der Waals surface area contributed by atoms with E-state index in [2.05, 4.69) is 4.90 Å². The standard InChI is InChI=1S/C25H22ClN3O2/c26-19-8-5-7-18(17-19)25(30)29-14-6-13-28(15-16-29)24-20-9-1-3-11-22(20)31-23-12-4-2-10-21(23)27-24/h1-5,7-12,17H,6,13-16H2. The Morgan fingerprint density at radius 2 is 1.68 bits per heavy atom. The van der Waals surface area contributed by atoms with E-state index in [0.717, 1.165) is 41.6 Å². The number of amidine groups is 1. The predicted molar refractivity (Wildman–Crippen MR) is 123 cm³/mol. The van der Waals surface area contributed by atoms with Crippen molar-refractivity contribution in [2.75, 3.05) is 26.2 Å². The quantitative estimate of drug-likeness (QED) is 0.520. The number of ether oxygens (including phenoxy) is 1. The minimum absolute atomic E-state index is 0.0150. The van der Waals surface area contributed by atoms with E-state index >= 15 is 0 Å². The SMILES string of the molecule is O=C(c1cccc(Cl)c1)N1CCCN(C2=Nc3ccccc3Oc3ccccc32)CC1. The number of benzene rings is 3. The van der Waals surface area contributed by atoms with E-state index in [1.54, 1.807) is 12.1 Å². The molecule has 3 aromatic carbocycles. The molecule has 3 aromatic rings. The van der Waals surface area contributed by atoms with Gasteiger partial charge in [-0.25, -0.2) is 4.99 Å². The largest absolute Gasteiger partial charge is 0.454 e. The Balaban J connectivity index is 1.43. The monoisotopic (exact) mass is 431 g/mol. The van der Waals surface area contributed by atoms with Gasteiger partial charge in [-0.3, -0.25) is 4.79 Å². The fourth-order valence-electron chi connectivity index (χ4n) is 4.05. The van der Waals surface area contributed by atoms with Crippen LogP contribution >= 0.6 is 11.6 Å². The number of carbonyl (C=O) groups is 1. The van der Waals surface area contributed by atoms with E-state index in [0.29, 0.717) is 30.2 Å². The summed E-state index contributed by atoms with van der Waals surface area (Å²) < 4.78 is 6.16. The van der Waals surface area contributed by atoms with Crippen molar-refractivity contribution in [2.45, 2.75) is 6.42 Å². The van der Waals surface area contributed by atoms with Crippen LogP contribution < -0.4 is 4.74 Å². The van der Waals surface area contributed by atoms with Crippen molar-refractivity contribution in [3.8, 4) is 11.5 Å². The summed E-state index contributed by atoms with van der Waals surface area (Å²) in [6.07, 6.45) is 0.857. The normalized spacial score (nSPS) is 15.7. The molecule has 0 bridgehead atoms. The molecule has 6 heteroatoms. The summed E-state index contributed by atoms with van der Waals surface area (Å²) in [6.45, 7) is 2.83. The van der Waals surface area contributed by atoms with Crippen LogP contribution in [0.5, 0.6) is 11.5 Å². The topological polar surface area (TPSA) is 45.1 Å². The number of nitrogens with zero attached hydrogens (tertiary/aromatic N) is 3. The zero-order valence-electron chi connectivity index (χ0n) is 17.0. The second-order valence-electron chi connectivity index (χ2n) is 7.64. The molecule has 0 N–H and O–H groups in total. The van der Waals surface area contributed by atoms with E-state index in [9.17, 15) is 4.79 Å². The molecule has 0 atom stereocenters. The van der Waals surface area contributed by atoms with E-state index in [-0.39, 0.29) is 5.91 Å². The molecule has 5 nitrogen and oxygen atoms in total. The lowest BCUT2D eigenvalue weighted by Crippen LogP contribution is -2.37. The van der Waals surface area contributed by atoms with Crippen LogP contribution in [-0.2, 0) is 0 Å². The van der Waals surface area contributed by atoms with Gasteiger partial charge in [0.15, 0.2) is 5.75 Å². The van der Waals surface area contributed by atoms with Gasteiger partial charge in [0.25, 0.3) is 5.91 Å². The summed E-state index contributed by atoms with van der Waals surface area (Å²) in [6, 6.07) is 22.9. The van der Waals surface area contributed by atoms with Gasteiger partial charge in [-0.2, -0.15) is 0 Å². The molecule has 0 unspecified atom stereocenters. The number of amides is 1. The number of hydrogen-bond acceptors (Lipinski definition) is 4. The molecule has 2 heterocycles. The third-order valence-corrected chi connectivity index (χ3v) is 5.83. The summed E-state index contributed by atoms with van der Waals surface area (Å²) in [7, 11) is 0. The van der Waals surface area contributed by atoms with Crippen LogP contribution in [0.4, 0.5) is 5.69 Å². The highest BCUT2D eigenvalue weighted by Crippen LogP contribution is 2.37. The third kappa shape index (κ3) is 4.01. The fraction of sp³-hybridized carbons (Fsp3) is 0.200. The Morgan fingerprint density at radius 3 is 2.55 bits per heavy atom. The van der Waals surface area contributed by atoms with Gasteiger partial charge < -0.3 is 14.5 Å². The van der Waals surface area contributed by atoms with Crippen LogP contribution in [-0.4, -0.2) is 47.7 Å². The predicted octanol–water partition coefficient (Wildman–Crippen LogP) is 5.37. The van der Waals surface area contributed by atoms with Crippen molar-refractivity contribution in [2.24, 2.45) is 4.99 Å². The van der Waals surface area contributed by atoms with Gasteiger partial charge in [-0.05, 0) is 48.9 Å². The first-order valence-electron chi connectivity index (χ1n) is 10.4. The molecule has 5 rings (SSSR count). The molecule has 1 fully saturated rings. The third-order valence-electron chi connectivity index (χ3n) is 5.59. The Morgan fingerprint density at radius 1 is 0.871 bits per heavy atom. The van der Waals surface area contributed by atoms with E-state index in [1.807, 2.05) is 65.6 Å². The maximum absolute atomic E-state index is 13.0. The summed E-state index contributed by atoms with van der Waals surface area (Å²) in [4.78, 5) is 22.1. The number of rotatable bonds is 1. The average molecular weight is 432 g/mol. The van der Waals surface area contributed by atoms with Crippen LogP contribution in [0, 0.1) is 0 Å². The van der Waals surface area contributed by atoms with Gasteiger partial charge in [-0.1, -0.05) is 41.9 Å². The molecule has 1 amide bonds. The van der Waals surface area contributed by atoms with E-state index in [1.165, 1.54) is 0 Å². The number of fused-ring (bicyclic) bond motifs is 2. The summed E-state index contributed by atoms with van der Waals surface area (Å²) in [5.74, 6) is 2.44. The second kappa shape index (κ2) is 8.44. The molecular weight excluding hydrogens is 410 g/mol. The van der Waals surface area contributed by atoms with Crippen molar-refractivity contribution in [3.05, 3.63) is 88.9 Å². The minimum Gasteiger partial charge on any atom is -0.454 e. The Bertz CT molecular complexity index is 1160. The molecule has 156 valence electrons. The lowest BCUT2D eigenvalue weighted by Gasteiger charge is -2.25. The summed E-state index contributed by atoms with van der Waals surface area (Å²) in [5, 5.41) is 0.574. The zero-order chi connectivity index (χ0) is 21.2. The fourth-order valence-corrected chi connectivity index (χ4v) is 4.24. The number of halogens is 1. The van der Waals surface area contributed by atoms with Crippen LogP contribution in [0.1, 0.15) is 22.3 Å². The highest BCUT2D eigenvalue weighted by molar-refractivity contribution is 6.30. The van der Waals surface area contributed by atoms with Crippen LogP contribution in [0.15, 0.2) is 77.8 Å². The zero-order valence-corrected chi connectivity index (χ0v) is 17.8. The van der Waals surface area contributed by atoms with Crippen LogP contribution in [0.25, 0.3) is 0 Å². The number of carbonyl (C=O) groups excluding carboxylic acids is 1. The van der Waals surface area contributed by atoms with Gasteiger partial charge in [0.2, 0.25) is 0 Å². The molecule has 0 saturated carbocycles. The highest BCUT2D eigenvalue weighted by Gasteiger charge is 2.26. The molecule has 0 aromatic heterocycles.